The number of benzene rings is 1. The van der Waals surface area contributed by atoms with Crippen molar-refractivity contribution in [2.75, 3.05) is 32.8 Å². The number of nitrogens with one attached hydrogen (secondary N) is 1. The fraction of sp³-hybridized carbons (Fsp3) is 0.538. The van der Waals surface area contributed by atoms with Crippen LogP contribution in [0.25, 0.3) is 0 Å². The van der Waals surface area contributed by atoms with Crippen molar-refractivity contribution in [1.82, 2.24) is 9.62 Å². The summed E-state index contributed by atoms with van der Waals surface area (Å²) in [7, 11) is -3.52. The van der Waals surface area contributed by atoms with Crippen LogP contribution in [0.15, 0.2) is 27.6 Å². The lowest BCUT2D eigenvalue weighted by Gasteiger charge is -2.21. The summed E-state index contributed by atoms with van der Waals surface area (Å²) in [5.41, 5.74) is 0. The summed E-state index contributed by atoms with van der Waals surface area (Å²) >= 11 is 3.33. The normalized spacial score (nSPS) is 17.7. The first-order valence-electron chi connectivity index (χ1n) is 6.69. The van der Waals surface area contributed by atoms with E-state index in [1.807, 2.05) is 6.92 Å². The number of nitrogens with zero attached hydrogens (tertiary/aromatic N) is 1. The highest BCUT2D eigenvalue weighted by Gasteiger charge is 2.28. The summed E-state index contributed by atoms with van der Waals surface area (Å²) in [5.74, 6) is 0.410. The summed E-state index contributed by atoms with van der Waals surface area (Å²) in [6.07, 6.45) is 0.817. The highest BCUT2D eigenvalue weighted by Crippen LogP contribution is 2.30. The van der Waals surface area contributed by atoms with Gasteiger partial charge in [0.15, 0.2) is 0 Å². The summed E-state index contributed by atoms with van der Waals surface area (Å²) in [6.45, 7) is 4.83. The van der Waals surface area contributed by atoms with Gasteiger partial charge in [0, 0.05) is 24.1 Å². The van der Waals surface area contributed by atoms with E-state index < -0.39 is 10.0 Å². The number of hydrogen-bond donors (Lipinski definition) is 1. The first kappa shape index (κ1) is 15.8. The Labute approximate surface area is 128 Å². The predicted octanol–water partition coefficient (Wildman–Crippen LogP) is 1.83. The van der Waals surface area contributed by atoms with Crippen LogP contribution >= 0.6 is 15.9 Å². The average molecular weight is 363 g/mol. The molecule has 5 nitrogen and oxygen atoms in total. The predicted molar refractivity (Wildman–Crippen MR) is 81.6 cm³/mol. The second kappa shape index (κ2) is 6.89. The summed E-state index contributed by atoms with van der Waals surface area (Å²) in [6, 6.07) is 5.09. The molecule has 1 heterocycles. The maximum absolute atomic E-state index is 12.8. The van der Waals surface area contributed by atoms with Crippen LogP contribution in [-0.2, 0) is 10.0 Å². The van der Waals surface area contributed by atoms with Crippen LogP contribution in [0.5, 0.6) is 5.75 Å². The smallest absolute Gasteiger partial charge is 0.246 e. The first-order chi connectivity index (χ1) is 9.55. The Morgan fingerprint density at radius 1 is 1.35 bits per heavy atom. The zero-order valence-corrected chi connectivity index (χ0v) is 13.8. The number of sulfonamides is 1. The van der Waals surface area contributed by atoms with Crippen LogP contribution < -0.4 is 10.1 Å². The molecule has 1 aliphatic rings. The van der Waals surface area contributed by atoms with Crippen molar-refractivity contribution in [1.29, 1.82) is 0 Å². The number of hydrogen-bond acceptors (Lipinski definition) is 4. The van der Waals surface area contributed by atoms with E-state index >= 15 is 0 Å². The maximum Gasteiger partial charge on any atom is 0.246 e. The summed E-state index contributed by atoms with van der Waals surface area (Å²) in [5, 5.41) is 3.21. The molecular weight excluding hydrogens is 344 g/mol. The first-order valence-corrected chi connectivity index (χ1v) is 8.92. The van der Waals surface area contributed by atoms with Crippen LogP contribution in [0, 0.1) is 0 Å². The van der Waals surface area contributed by atoms with Crippen LogP contribution in [-0.4, -0.2) is 45.5 Å². The molecule has 0 bridgehead atoms. The van der Waals surface area contributed by atoms with Gasteiger partial charge in [0.2, 0.25) is 10.0 Å². The molecule has 0 amide bonds. The van der Waals surface area contributed by atoms with Crippen molar-refractivity contribution in [2.45, 2.75) is 18.2 Å². The minimum Gasteiger partial charge on any atom is -0.492 e. The molecule has 0 radical (unpaired) electrons. The Bertz CT molecular complexity index is 555. The highest BCUT2D eigenvalue weighted by atomic mass is 79.9. The molecule has 0 aliphatic carbocycles. The van der Waals surface area contributed by atoms with Crippen LogP contribution in [0.4, 0.5) is 0 Å². The molecule has 0 atom stereocenters. The van der Waals surface area contributed by atoms with Crippen molar-refractivity contribution in [3.8, 4) is 5.75 Å². The third kappa shape index (κ3) is 3.52. The minimum atomic E-state index is -3.52. The molecule has 1 aromatic carbocycles. The van der Waals surface area contributed by atoms with Gasteiger partial charge in [-0.25, -0.2) is 8.42 Å². The van der Waals surface area contributed by atoms with Gasteiger partial charge in [-0.05, 0) is 38.1 Å². The molecule has 0 aromatic heterocycles. The molecule has 1 N–H and O–H groups in total. The van der Waals surface area contributed by atoms with Gasteiger partial charge in [-0.3, -0.25) is 0 Å². The van der Waals surface area contributed by atoms with E-state index in [1.165, 1.54) is 4.31 Å². The van der Waals surface area contributed by atoms with Crippen molar-refractivity contribution in [2.24, 2.45) is 0 Å². The molecule has 7 heteroatoms. The molecule has 0 spiro atoms. The lowest BCUT2D eigenvalue weighted by molar-refractivity contribution is 0.329. The van der Waals surface area contributed by atoms with Gasteiger partial charge in [0.1, 0.15) is 10.6 Å². The van der Waals surface area contributed by atoms with E-state index in [0.29, 0.717) is 32.0 Å². The number of ether oxygens (including phenoxy) is 1. The quantitative estimate of drug-likeness (QED) is 0.887. The van der Waals surface area contributed by atoms with Gasteiger partial charge in [0.05, 0.1) is 6.61 Å². The Morgan fingerprint density at radius 3 is 2.90 bits per heavy atom. The summed E-state index contributed by atoms with van der Waals surface area (Å²) < 4.78 is 33.3. The van der Waals surface area contributed by atoms with Gasteiger partial charge in [-0.1, -0.05) is 15.9 Å². The standard InChI is InChI=1S/C13H19BrN2O3S/c1-2-19-12-5-4-11(14)10-13(12)20(17,18)16-8-3-6-15-7-9-16/h4-5,10,15H,2-3,6-9H2,1H3. The largest absolute Gasteiger partial charge is 0.492 e. The highest BCUT2D eigenvalue weighted by molar-refractivity contribution is 9.10. The van der Waals surface area contributed by atoms with Crippen LogP contribution in [0.2, 0.25) is 0 Å². The van der Waals surface area contributed by atoms with Gasteiger partial charge in [-0.2, -0.15) is 4.31 Å². The zero-order chi connectivity index (χ0) is 14.6. The lowest BCUT2D eigenvalue weighted by Crippen LogP contribution is -2.34. The van der Waals surface area contributed by atoms with E-state index in [9.17, 15) is 8.42 Å². The number of rotatable bonds is 4. The third-order valence-electron chi connectivity index (χ3n) is 3.12. The molecule has 2 rings (SSSR count). The Hall–Kier alpha value is -0.630. The minimum absolute atomic E-state index is 0.232. The third-order valence-corrected chi connectivity index (χ3v) is 5.54. The molecule has 1 saturated heterocycles. The second-order valence-electron chi connectivity index (χ2n) is 4.53. The molecule has 1 aliphatic heterocycles. The number of halogens is 1. The van der Waals surface area contributed by atoms with E-state index in [1.54, 1.807) is 18.2 Å². The van der Waals surface area contributed by atoms with Gasteiger partial charge in [0.25, 0.3) is 0 Å². The van der Waals surface area contributed by atoms with Gasteiger partial charge < -0.3 is 10.1 Å². The fourth-order valence-corrected chi connectivity index (χ4v) is 4.31. The fourth-order valence-electron chi connectivity index (χ4n) is 2.16. The average Bonchev–Trinajstić information content (AvgIpc) is 2.70. The van der Waals surface area contributed by atoms with Crippen LogP contribution in [0.1, 0.15) is 13.3 Å². The summed E-state index contributed by atoms with van der Waals surface area (Å²) in [4.78, 5) is 0.232. The molecule has 0 saturated carbocycles. The molecule has 1 aromatic rings. The molecule has 112 valence electrons. The Kier molecular flexibility index (Phi) is 5.42. The van der Waals surface area contributed by atoms with Gasteiger partial charge >= 0.3 is 0 Å². The topological polar surface area (TPSA) is 58.6 Å². The molecular formula is C13H19BrN2O3S. The molecule has 20 heavy (non-hydrogen) atoms. The SMILES string of the molecule is CCOc1ccc(Br)cc1S(=O)(=O)N1CCCNCC1. The van der Waals surface area contributed by atoms with Crippen molar-refractivity contribution >= 4 is 26.0 Å². The molecule has 1 fully saturated rings. The van der Waals surface area contributed by atoms with E-state index in [2.05, 4.69) is 21.2 Å². The van der Waals surface area contributed by atoms with E-state index in [4.69, 9.17) is 4.74 Å². The van der Waals surface area contributed by atoms with Crippen molar-refractivity contribution in [3.63, 3.8) is 0 Å². The zero-order valence-electron chi connectivity index (χ0n) is 11.4. The van der Waals surface area contributed by atoms with E-state index in [0.717, 1.165) is 17.4 Å². The van der Waals surface area contributed by atoms with E-state index in [-0.39, 0.29) is 4.90 Å². The van der Waals surface area contributed by atoms with Crippen LogP contribution in [0.3, 0.4) is 0 Å². The molecule has 0 unspecified atom stereocenters. The maximum atomic E-state index is 12.8. The Morgan fingerprint density at radius 2 is 2.15 bits per heavy atom. The van der Waals surface area contributed by atoms with Crippen molar-refractivity contribution < 1.29 is 13.2 Å². The lowest BCUT2D eigenvalue weighted by atomic mass is 10.3. The van der Waals surface area contributed by atoms with Crippen molar-refractivity contribution in [3.05, 3.63) is 22.7 Å². The second-order valence-corrected chi connectivity index (χ2v) is 7.35. The van der Waals surface area contributed by atoms with Gasteiger partial charge in [-0.15, -0.1) is 0 Å². The Balaban J connectivity index is 2.39. The monoisotopic (exact) mass is 362 g/mol.